The predicted octanol–water partition coefficient (Wildman–Crippen LogP) is 4.63. The number of hydrogen-bond acceptors (Lipinski definition) is 5. The van der Waals surface area contributed by atoms with E-state index in [1.54, 1.807) is 44.3 Å². The fourth-order valence-corrected chi connectivity index (χ4v) is 3.85. The highest BCUT2D eigenvalue weighted by atomic mass is 19.1. The molecule has 0 unspecified atom stereocenters. The van der Waals surface area contributed by atoms with Gasteiger partial charge in [-0.2, -0.15) is 0 Å². The number of anilines is 2. The lowest BCUT2D eigenvalue weighted by Gasteiger charge is -2.30. The van der Waals surface area contributed by atoms with Crippen LogP contribution in [-0.2, 0) is 11.4 Å². The maximum Gasteiger partial charge on any atom is 0.354 e. The number of aryl methyl sites for hydroxylation is 1. The Hall–Kier alpha value is -3.04. The summed E-state index contributed by atoms with van der Waals surface area (Å²) >= 11 is 0. The van der Waals surface area contributed by atoms with Crippen LogP contribution in [0.3, 0.4) is 0 Å². The monoisotopic (exact) mass is 457 g/mol. The number of aromatic nitrogens is 1. The zero-order valence-corrected chi connectivity index (χ0v) is 19.5. The molecular weight excluding hydrogens is 425 g/mol. The van der Waals surface area contributed by atoms with Gasteiger partial charge < -0.3 is 0 Å². The number of pyridine rings is 1. The van der Waals surface area contributed by atoms with Gasteiger partial charge in [0.1, 0.15) is 5.82 Å². The molecule has 1 aliphatic heterocycles. The first kappa shape index (κ1) is 24.6. The highest BCUT2D eigenvalue weighted by Crippen LogP contribution is 2.26. The van der Waals surface area contributed by atoms with Crippen LogP contribution in [0.5, 0.6) is 0 Å². The second-order valence-electron chi connectivity index (χ2n) is 7.98. The van der Waals surface area contributed by atoms with E-state index in [4.69, 9.17) is 4.84 Å². The van der Waals surface area contributed by atoms with E-state index in [9.17, 15) is 9.59 Å². The van der Waals surface area contributed by atoms with Crippen molar-refractivity contribution < 1.29 is 18.8 Å². The zero-order valence-electron chi connectivity index (χ0n) is 19.5. The summed E-state index contributed by atoms with van der Waals surface area (Å²) in [6.07, 6.45) is 5.03. The number of rotatable bonds is 7. The summed E-state index contributed by atoms with van der Waals surface area (Å²) in [5, 5.41) is 0. The van der Waals surface area contributed by atoms with Gasteiger partial charge in [-0.25, -0.2) is 24.4 Å². The molecule has 0 saturated carbocycles. The predicted molar refractivity (Wildman–Crippen MR) is 126 cm³/mol. The largest absolute Gasteiger partial charge is 0.354 e. The minimum atomic E-state index is -0.866. The number of carbonyl (C=O) groups excluding carboxylic acids is 2. The number of imide groups is 1. The lowest BCUT2D eigenvalue weighted by atomic mass is 10.1. The third-order valence-corrected chi connectivity index (χ3v) is 5.56. The second-order valence-corrected chi connectivity index (χ2v) is 7.98. The first-order valence-corrected chi connectivity index (χ1v) is 11.4. The molecule has 0 radical (unpaired) electrons. The van der Waals surface area contributed by atoms with Crippen molar-refractivity contribution in [1.29, 1.82) is 0 Å². The van der Waals surface area contributed by atoms with Gasteiger partial charge in [0, 0.05) is 18.8 Å². The van der Waals surface area contributed by atoms with Gasteiger partial charge in [-0.05, 0) is 76.5 Å². The normalized spacial score (nSPS) is 14.1. The van der Waals surface area contributed by atoms with Gasteiger partial charge in [-0.3, -0.25) is 19.6 Å². The van der Waals surface area contributed by atoms with E-state index in [1.807, 2.05) is 6.92 Å². The Labute approximate surface area is 194 Å². The van der Waals surface area contributed by atoms with Gasteiger partial charge in [0.15, 0.2) is 0 Å². The molecule has 4 amide bonds. The number of likely N-dealkylation sites (tertiary alicyclic amines) is 1. The first-order chi connectivity index (χ1) is 15.9. The summed E-state index contributed by atoms with van der Waals surface area (Å²) < 4.78 is 15.0. The van der Waals surface area contributed by atoms with E-state index in [0.29, 0.717) is 12.2 Å². The topological polar surface area (TPSA) is 78.0 Å². The van der Waals surface area contributed by atoms with Crippen molar-refractivity contribution in [3.05, 3.63) is 53.6 Å². The van der Waals surface area contributed by atoms with Gasteiger partial charge in [0.2, 0.25) is 0 Å². The SMILES string of the molecule is CCONC(=O)N(C(=O)N(CC)c1ccc(C)nc1)c1cc(CN2CCCCC2)ccc1F. The molecule has 1 aliphatic rings. The maximum absolute atomic E-state index is 15.0. The second kappa shape index (κ2) is 11.7. The Morgan fingerprint density at radius 3 is 2.55 bits per heavy atom. The minimum Gasteiger partial charge on any atom is -0.299 e. The lowest BCUT2D eigenvalue weighted by molar-refractivity contribution is 0.0738. The van der Waals surface area contributed by atoms with Crippen molar-refractivity contribution in [2.24, 2.45) is 0 Å². The number of nitrogens with zero attached hydrogens (tertiary/aromatic N) is 4. The molecule has 1 aromatic heterocycles. The molecule has 0 spiro atoms. The number of carbonyl (C=O) groups is 2. The first-order valence-electron chi connectivity index (χ1n) is 11.4. The number of hydrogen-bond donors (Lipinski definition) is 1. The van der Waals surface area contributed by atoms with E-state index < -0.39 is 17.9 Å². The smallest absolute Gasteiger partial charge is 0.299 e. The Kier molecular flexibility index (Phi) is 8.73. The standard InChI is InChI=1S/C24H32FN5O3/c1-4-29(20-11-9-18(3)26-16-20)24(32)30(23(31)27-33-5-2)22-15-19(10-12-21(22)25)17-28-13-7-6-8-14-28/h9-12,15-16H,4-8,13-14,17H2,1-3H3,(H,27,31). The summed E-state index contributed by atoms with van der Waals surface area (Å²) in [6, 6.07) is 6.50. The summed E-state index contributed by atoms with van der Waals surface area (Å²) in [5.41, 5.74) is 4.24. The van der Waals surface area contributed by atoms with E-state index >= 15 is 4.39 Å². The van der Waals surface area contributed by atoms with Crippen LogP contribution in [0.25, 0.3) is 0 Å². The van der Waals surface area contributed by atoms with Crippen molar-refractivity contribution in [3.8, 4) is 0 Å². The Morgan fingerprint density at radius 1 is 1.15 bits per heavy atom. The summed E-state index contributed by atoms with van der Waals surface area (Å²) in [4.78, 5) is 40.2. The van der Waals surface area contributed by atoms with E-state index in [0.717, 1.165) is 42.1 Å². The minimum absolute atomic E-state index is 0.120. The number of amides is 4. The molecule has 0 aliphatic carbocycles. The molecule has 1 aromatic carbocycles. The molecule has 178 valence electrons. The molecule has 8 nitrogen and oxygen atoms in total. The Bertz CT molecular complexity index is 948. The molecule has 9 heteroatoms. The van der Waals surface area contributed by atoms with Crippen molar-refractivity contribution in [2.45, 2.75) is 46.6 Å². The molecule has 2 aromatic rings. The average molecular weight is 458 g/mol. The zero-order chi connectivity index (χ0) is 23.8. The van der Waals surface area contributed by atoms with Crippen LogP contribution in [0.2, 0.25) is 0 Å². The average Bonchev–Trinajstić information content (AvgIpc) is 2.82. The Balaban J connectivity index is 1.95. The third kappa shape index (κ3) is 6.27. The highest BCUT2D eigenvalue weighted by molar-refractivity contribution is 6.18. The van der Waals surface area contributed by atoms with Gasteiger partial charge >= 0.3 is 12.1 Å². The number of halogens is 1. The summed E-state index contributed by atoms with van der Waals surface area (Å²) in [7, 11) is 0. The van der Waals surface area contributed by atoms with Gasteiger partial charge in [-0.1, -0.05) is 12.5 Å². The highest BCUT2D eigenvalue weighted by Gasteiger charge is 2.31. The molecule has 1 N–H and O–H groups in total. The summed E-state index contributed by atoms with van der Waals surface area (Å²) in [5.74, 6) is -0.671. The van der Waals surface area contributed by atoms with Crippen LogP contribution < -0.4 is 15.3 Å². The quantitative estimate of drug-likeness (QED) is 0.614. The fourth-order valence-electron chi connectivity index (χ4n) is 3.85. The van der Waals surface area contributed by atoms with Gasteiger partial charge in [-0.15, -0.1) is 0 Å². The van der Waals surface area contributed by atoms with Crippen LogP contribution in [-0.4, -0.2) is 48.2 Å². The molecule has 33 heavy (non-hydrogen) atoms. The number of piperidine rings is 1. The molecule has 1 fully saturated rings. The summed E-state index contributed by atoms with van der Waals surface area (Å²) in [6.45, 7) is 8.35. The molecule has 2 heterocycles. The number of benzene rings is 1. The van der Waals surface area contributed by atoms with Crippen LogP contribution in [0.4, 0.5) is 25.4 Å². The van der Waals surface area contributed by atoms with E-state index in [1.165, 1.54) is 17.4 Å². The molecule has 0 atom stereocenters. The van der Waals surface area contributed by atoms with Gasteiger partial charge in [0.05, 0.1) is 24.2 Å². The number of nitrogens with one attached hydrogen (secondary N) is 1. The van der Waals surface area contributed by atoms with Crippen LogP contribution in [0.15, 0.2) is 36.5 Å². The molecule has 3 rings (SSSR count). The van der Waals surface area contributed by atoms with Crippen molar-refractivity contribution in [3.63, 3.8) is 0 Å². The number of urea groups is 2. The van der Waals surface area contributed by atoms with Crippen LogP contribution in [0.1, 0.15) is 44.4 Å². The van der Waals surface area contributed by atoms with Crippen molar-refractivity contribution in [1.82, 2.24) is 15.4 Å². The van der Waals surface area contributed by atoms with Crippen molar-refractivity contribution in [2.75, 3.05) is 36.0 Å². The molecule has 0 bridgehead atoms. The third-order valence-electron chi connectivity index (χ3n) is 5.56. The van der Waals surface area contributed by atoms with Crippen molar-refractivity contribution >= 4 is 23.4 Å². The number of hydroxylamine groups is 1. The molecular formula is C24H32FN5O3. The fraction of sp³-hybridized carbons (Fsp3) is 0.458. The van der Waals surface area contributed by atoms with Gasteiger partial charge in [0.25, 0.3) is 0 Å². The van der Waals surface area contributed by atoms with Crippen LogP contribution in [0, 0.1) is 12.7 Å². The van der Waals surface area contributed by atoms with E-state index in [-0.39, 0.29) is 18.8 Å². The lowest BCUT2D eigenvalue weighted by Crippen LogP contribution is -2.51. The Morgan fingerprint density at radius 2 is 1.91 bits per heavy atom. The maximum atomic E-state index is 15.0. The molecule has 1 saturated heterocycles. The van der Waals surface area contributed by atoms with Crippen LogP contribution >= 0.6 is 0 Å². The van der Waals surface area contributed by atoms with E-state index in [2.05, 4.69) is 15.4 Å².